The highest BCUT2D eigenvalue weighted by Crippen LogP contribution is 2.27. The van der Waals surface area contributed by atoms with Crippen LogP contribution >= 0.6 is 27.5 Å². The summed E-state index contributed by atoms with van der Waals surface area (Å²) in [7, 11) is 0. The zero-order valence-electron chi connectivity index (χ0n) is 10.6. The van der Waals surface area contributed by atoms with E-state index in [0.717, 1.165) is 22.4 Å². The van der Waals surface area contributed by atoms with Crippen molar-refractivity contribution in [2.75, 3.05) is 0 Å². The van der Waals surface area contributed by atoms with Crippen molar-refractivity contribution in [1.29, 1.82) is 0 Å². The van der Waals surface area contributed by atoms with E-state index >= 15 is 0 Å². The molecule has 0 N–H and O–H groups in total. The van der Waals surface area contributed by atoms with Crippen molar-refractivity contribution in [3.05, 3.63) is 39.3 Å². The fraction of sp³-hybridized carbons (Fsp3) is 0.385. The van der Waals surface area contributed by atoms with Crippen LogP contribution in [-0.4, -0.2) is 14.8 Å². The van der Waals surface area contributed by atoms with Gasteiger partial charge in [0.1, 0.15) is 5.82 Å². The van der Waals surface area contributed by atoms with Crippen molar-refractivity contribution < 1.29 is 0 Å². The van der Waals surface area contributed by atoms with Gasteiger partial charge >= 0.3 is 0 Å². The molecule has 0 radical (unpaired) electrons. The first-order valence-corrected chi connectivity index (χ1v) is 7.11. The molecule has 96 valence electrons. The van der Waals surface area contributed by atoms with E-state index in [-0.39, 0.29) is 5.92 Å². The molecule has 0 fully saturated rings. The lowest BCUT2D eigenvalue weighted by atomic mass is 10.1. The third-order valence-electron chi connectivity index (χ3n) is 2.83. The van der Waals surface area contributed by atoms with Crippen molar-refractivity contribution in [1.82, 2.24) is 14.8 Å². The maximum Gasteiger partial charge on any atom is 0.229 e. The van der Waals surface area contributed by atoms with Crippen LogP contribution in [0.15, 0.2) is 22.7 Å². The molecule has 2 aromatic rings. The highest BCUT2D eigenvalue weighted by Gasteiger charge is 2.17. The van der Waals surface area contributed by atoms with E-state index < -0.39 is 0 Å². The molecule has 0 aliphatic heterocycles. The van der Waals surface area contributed by atoms with Gasteiger partial charge in [-0.15, -0.1) is 10.2 Å². The Morgan fingerprint density at radius 2 is 2.06 bits per heavy atom. The molecule has 0 bridgehead atoms. The summed E-state index contributed by atoms with van der Waals surface area (Å²) in [5.41, 5.74) is 2.27. The molecule has 1 aromatic heterocycles. The van der Waals surface area contributed by atoms with Crippen LogP contribution < -0.4 is 0 Å². The molecule has 1 aromatic carbocycles. The van der Waals surface area contributed by atoms with E-state index in [4.69, 9.17) is 11.6 Å². The number of rotatable bonds is 3. The quantitative estimate of drug-likeness (QED) is 0.837. The van der Waals surface area contributed by atoms with Crippen molar-refractivity contribution in [2.45, 2.75) is 33.1 Å². The van der Waals surface area contributed by atoms with Crippen LogP contribution in [0.5, 0.6) is 0 Å². The predicted molar refractivity (Wildman–Crippen MR) is 77.5 cm³/mol. The van der Waals surface area contributed by atoms with Gasteiger partial charge < -0.3 is 0 Å². The lowest BCUT2D eigenvalue weighted by Gasteiger charge is -2.14. The molecule has 0 saturated heterocycles. The summed E-state index contributed by atoms with van der Waals surface area (Å²) >= 11 is 9.66. The zero-order valence-corrected chi connectivity index (χ0v) is 13.0. The molecule has 5 heteroatoms. The van der Waals surface area contributed by atoms with Gasteiger partial charge in [0, 0.05) is 10.4 Å². The summed E-state index contributed by atoms with van der Waals surface area (Å²) < 4.78 is 3.00. The molecule has 0 atom stereocenters. The monoisotopic (exact) mass is 327 g/mol. The van der Waals surface area contributed by atoms with E-state index in [2.05, 4.69) is 53.0 Å². The van der Waals surface area contributed by atoms with Crippen LogP contribution in [0.2, 0.25) is 5.28 Å². The number of aromatic nitrogens is 3. The average Bonchev–Trinajstić information content (AvgIpc) is 2.71. The van der Waals surface area contributed by atoms with E-state index in [0.29, 0.717) is 5.28 Å². The number of benzene rings is 1. The van der Waals surface area contributed by atoms with E-state index in [1.165, 1.54) is 5.56 Å². The molecule has 3 nitrogen and oxygen atoms in total. The smallest absolute Gasteiger partial charge is 0.229 e. The topological polar surface area (TPSA) is 30.7 Å². The van der Waals surface area contributed by atoms with Crippen molar-refractivity contribution in [3.8, 4) is 5.69 Å². The maximum atomic E-state index is 6.17. The fourth-order valence-corrected chi connectivity index (χ4v) is 2.55. The second-order valence-electron chi connectivity index (χ2n) is 4.44. The molecule has 0 saturated carbocycles. The SMILES string of the molecule is CCc1cc(Br)ccc1-n1c(Cl)nnc1C(C)C. The van der Waals surface area contributed by atoms with Crippen LogP contribution in [0.1, 0.15) is 38.1 Å². The minimum atomic E-state index is 0.276. The molecule has 1 heterocycles. The zero-order chi connectivity index (χ0) is 13.3. The Hall–Kier alpha value is -0.870. The van der Waals surface area contributed by atoms with Crippen LogP contribution in [0, 0.1) is 0 Å². The van der Waals surface area contributed by atoms with Crippen molar-refractivity contribution in [2.24, 2.45) is 0 Å². The highest BCUT2D eigenvalue weighted by molar-refractivity contribution is 9.10. The first-order valence-electron chi connectivity index (χ1n) is 5.94. The molecule has 0 aliphatic rings. The Kier molecular flexibility index (Phi) is 4.07. The Morgan fingerprint density at radius 3 is 2.67 bits per heavy atom. The second kappa shape index (κ2) is 5.41. The summed E-state index contributed by atoms with van der Waals surface area (Å²) in [5.74, 6) is 1.16. The van der Waals surface area contributed by atoms with Gasteiger partial charge in [-0.3, -0.25) is 4.57 Å². The first-order chi connectivity index (χ1) is 8.54. The van der Waals surface area contributed by atoms with Crippen molar-refractivity contribution in [3.63, 3.8) is 0 Å². The number of hydrogen-bond acceptors (Lipinski definition) is 2. The Bertz CT molecular complexity index is 563. The van der Waals surface area contributed by atoms with E-state index in [9.17, 15) is 0 Å². The van der Waals surface area contributed by atoms with Gasteiger partial charge in [0.05, 0.1) is 5.69 Å². The van der Waals surface area contributed by atoms with Gasteiger partial charge in [-0.1, -0.05) is 36.7 Å². The fourth-order valence-electron chi connectivity index (χ4n) is 1.93. The Balaban J connectivity index is 2.65. The van der Waals surface area contributed by atoms with Gasteiger partial charge in [0.2, 0.25) is 5.28 Å². The molecule has 18 heavy (non-hydrogen) atoms. The number of aryl methyl sites for hydroxylation is 1. The minimum absolute atomic E-state index is 0.276. The average molecular weight is 329 g/mol. The lowest BCUT2D eigenvalue weighted by Crippen LogP contribution is -2.06. The summed E-state index contributed by atoms with van der Waals surface area (Å²) in [6.45, 7) is 6.29. The van der Waals surface area contributed by atoms with Gasteiger partial charge in [0.25, 0.3) is 0 Å². The summed E-state index contributed by atoms with van der Waals surface area (Å²) in [6, 6.07) is 6.16. The molecule has 2 rings (SSSR count). The molecule has 0 amide bonds. The van der Waals surface area contributed by atoms with Gasteiger partial charge in [-0.25, -0.2) is 0 Å². The molecular weight excluding hydrogens is 314 g/mol. The Morgan fingerprint density at radius 1 is 1.33 bits per heavy atom. The molecular formula is C13H15BrClN3. The Labute approximate surface area is 120 Å². The van der Waals surface area contributed by atoms with Crippen LogP contribution in [0.25, 0.3) is 5.69 Å². The lowest BCUT2D eigenvalue weighted by molar-refractivity contribution is 0.743. The molecule has 0 aliphatic carbocycles. The standard InChI is InChI=1S/C13H15BrClN3/c1-4-9-7-10(14)5-6-11(9)18-12(8(2)3)16-17-13(18)15/h5-8H,4H2,1-3H3. The van der Waals surface area contributed by atoms with E-state index in [1.54, 1.807) is 0 Å². The van der Waals surface area contributed by atoms with Crippen LogP contribution in [0.3, 0.4) is 0 Å². The third kappa shape index (κ3) is 2.45. The van der Waals surface area contributed by atoms with Gasteiger partial charge in [-0.2, -0.15) is 0 Å². The number of hydrogen-bond donors (Lipinski definition) is 0. The largest absolute Gasteiger partial charge is 0.269 e. The van der Waals surface area contributed by atoms with Crippen molar-refractivity contribution >= 4 is 27.5 Å². The van der Waals surface area contributed by atoms with Gasteiger partial charge in [-0.05, 0) is 41.8 Å². The van der Waals surface area contributed by atoms with E-state index in [1.807, 2.05) is 16.7 Å². The third-order valence-corrected chi connectivity index (χ3v) is 3.57. The number of nitrogens with zero attached hydrogens (tertiary/aromatic N) is 3. The maximum absolute atomic E-state index is 6.17. The summed E-state index contributed by atoms with van der Waals surface area (Å²) in [5, 5.41) is 8.55. The van der Waals surface area contributed by atoms with Gasteiger partial charge in [0.15, 0.2) is 0 Å². The summed E-state index contributed by atoms with van der Waals surface area (Å²) in [4.78, 5) is 0. The van der Waals surface area contributed by atoms with Crippen LogP contribution in [0.4, 0.5) is 0 Å². The molecule has 0 spiro atoms. The minimum Gasteiger partial charge on any atom is -0.269 e. The van der Waals surface area contributed by atoms with Crippen LogP contribution in [-0.2, 0) is 6.42 Å². The summed E-state index contributed by atoms with van der Waals surface area (Å²) in [6.07, 6.45) is 0.931. The highest BCUT2D eigenvalue weighted by atomic mass is 79.9. The number of halogens is 2. The predicted octanol–water partition coefficient (Wildman–Crippen LogP) is 4.37. The second-order valence-corrected chi connectivity index (χ2v) is 5.70. The molecule has 0 unspecified atom stereocenters. The normalized spacial score (nSPS) is 11.2. The first kappa shape index (κ1) is 13.6.